The molecule has 0 radical (unpaired) electrons. The van der Waals surface area contributed by atoms with Gasteiger partial charge < -0.3 is 10.5 Å². The Balaban J connectivity index is 2.82. The summed E-state index contributed by atoms with van der Waals surface area (Å²) in [5.74, 6) is -0.154. The normalized spacial score (nSPS) is 12.2. The van der Waals surface area contributed by atoms with Crippen molar-refractivity contribution in [3.63, 3.8) is 0 Å². The van der Waals surface area contributed by atoms with Crippen LogP contribution in [0, 0.1) is 0 Å². The number of halogens is 2. The van der Waals surface area contributed by atoms with Crippen LogP contribution in [-0.4, -0.2) is 12.0 Å². The summed E-state index contributed by atoms with van der Waals surface area (Å²) < 4.78 is 5.20. The second-order valence-corrected chi connectivity index (χ2v) is 3.58. The number of benzene rings is 1. The van der Waals surface area contributed by atoms with Crippen LogP contribution in [0.15, 0.2) is 18.2 Å². The van der Waals surface area contributed by atoms with Gasteiger partial charge in [-0.3, -0.25) is 4.79 Å². The summed E-state index contributed by atoms with van der Waals surface area (Å²) in [5.41, 5.74) is 5.03. The van der Waals surface area contributed by atoms with E-state index >= 15 is 0 Å². The van der Waals surface area contributed by atoms with E-state index in [-0.39, 0.29) is 0 Å². The van der Waals surface area contributed by atoms with Crippen LogP contribution in [0.2, 0.25) is 10.0 Å². The minimum absolute atomic E-state index is 0.352. The van der Waals surface area contributed by atoms with E-state index in [1.54, 1.807) is 19.1 Å². The number of rotatable bonds is 3. The lowest BCUT2D eigenvalue weighted by Crippen LogP contribution is -2.30. The van der Waals surface area contributed by atoms with Crippen molar-refractivity contribution in [3.05, 3.63) is 28.2 Å². The van der Waals surface area contributed by atoms with Crippen molar-refractivity contribution in [2.75, 3.05) is 0 Å². The third-order valence-corrected chi connectivity index (χ3v) is 2.13. The Kier molecular flexibility index (Phi) is 3.61. The highest BCUT2D eigenvalue weighted by molar-refractivity contribution is 6.35. The minimum Gasteiger partial charge on any atom is -0.479 e. The number of nitrogens with two attached hydrogens (primary N) is 1. The van der Waals surface area contributed by atoms with Crippen LogP contribution in [0.1, 0.15) is 6.92 Å². The van der Waals surface area contributed by atoms with Gasteiger partial charge in [0.25, 0.3) is 5.91 Å². The fourth-order valence-corrected chi connectivity index (χ4v) is 1.27. The Morgan fingerprint density at radius 2 is 2.14 bits per heavy atom. The molecule has 0 aromatic heterocycles. The van der Waals surface area contributed by atoms with Crippen molar-refractivity contribution in [2.24, 2.45) is 5.73 Å². The second-order valence-electron chi connectivity index (χ2n) is 2.74. The number of amides is 1. The molecule has 0 saturated carbocycles. The van der Waals surface area contributed by atoms with Gasteiger partial charge in [-0.25, -0.2) is 0 Å². The van der Waals surface area contributed by atoms with Crippen LogP contribution in [0.5, 0.6) is 5.75 Å². The lowest BCUT2D eigenvalue weighted by molar-refractivity contribution is -0.123. The van der Waals surface area contributed by atoms with Crippen LogP contribution in [0.3, 0.4) is 0 Å². The third kappa shape index (κ3) is 2.79. The molecule has 0 aliphatic rings. The third-order valence-electron chi connectivity index (χ3n) is 1.60. The number of primary amides is 1. The molecule has 0 saturated heterocycles. The number of hydrogen-bond acceptors (Lipinski definition) is 2. The second kappa shape index (κ2) is 4.53. The molecule has 1 rings (SSSR count). The summed E-state index contributed by atoms with van der Waals surface area (Å²) in [6, 6.07) is 4.74. The van der Waals surface area contributed by atoms with Crippen molar-refractivity contribution < 1.29 is 9.53 Å². The molecule has 0 aliphatic carbocycles. The molecule has 0 aliphatic heterocycles. The van der Waals surface area contributed by atoms with Gasteiger partial charge in [0.05, 0.1) is 5.02 Å². The molecule has 5 heteroatoms. The predicted octanol–water partition coefficient (Wildman–Crippen LogP) is 2.25. The number of hydrogen-bond donors (Lipinski definition) is 1. The van der Waals surface area contributed by atoms with E-state index in [1.165, 1.54) is 6.07 Å². The van der Waals surface area contributed by atoms with Gasteiger partial charge in [0.1, 0.15) is 5.75 Å². The lowest BCUT2D eigenvalue weighted by atomic mass is 10.3. The van der Waals surface area contributed by atoms with E-state index in [0.717, 1.165) is 0 Å². The Morgan fingerprint density at radius 3 is 2.64 bits per heavy atom. The molecule has 3 nitrogen and oxygen atoms in total. The van der Waals surface area contributed by atoms with Gasteiger partial charge in [-0.15, -0.1) is 0 Å². The number of carbonyl (C=O) groups excluding carboxylic acids is 1. The summed E-state index contributed by atoms with van der Waals surface area (Å²) in [5, 5.41) is 0.861. The largest absolute Gasteiger partial charge is 0.479 e. The first kappa shape index (κ1) is 11.1. The van der Waals surface area contributed by atoms with E-state index in [9.17, 15) is 4.79 Å². The van der Waals surface area contributed by atoms with E-state index < -0.39 is 12.0 Å². The van der Waals surface area contributed by atoms with Crippen molar-refractivity contribution >= 4 is 29.1 Å². The highest BCUT2D eigenvalue weighted by Crippen LogP contribution is 2.28. The van der Waals surface area contributed by atoms with Gasteiger partial charge >= 0.3 is 0 Å². The first-order chi connectivity index (χ1) is 6.50. The molecular weight excluding hydrogens is 225 g/mol. The fourth-order valence-electron chi connectivity index (χ4n) is 0.819. The maximum atomic E-state index is 10.7. The zero-order chi connectivity index (χ0) is 10.7. The quantitative estimate of drug-likeness (QED) is 0.871. The maximum absolute atomic E-state index is 10.7. The molecule has 1 aromatic carbocycles. The smallest absolute Gasteiger partial charge is 0.258 e. The zero-order valence-electron chi connectivity index (χ0n) is 7.46. The minimum atomic E-state index is -0.714. The standard InChI is InChI=1S/C9H9Cl2NO2/c1-5(9(12)13)14-8-3-2-6(10)4-7(8)11/h2-5H,1H3,(H2,12,13)/t5-/m0/s1. The summed E-state index contributed by atoms with van der Waals surface area (Å²) in [6.45, 7) is 1.55. The topological polar surface area (TPSA) is 52.3 Å². The summed E-state index contributed by atoms with van der Waals surface area (Å²) >= 11 is 11.5. The Hall–Kier alpha value is -0.930. The molecule has 0 fully saturated rings. The van der Waals surface area contributed by atoms with Gasteiger partial charge in [0, 0.05) is 5.02 Å². The van der Waals surface area contributed by atoms with E-state index in [2.05, 4.69) is 0 Å². The van der Waals surface area contributed by atoms with Gasteiger partial charge in [0.15, 0.2) is 6.10 Å². The molecule has 0 spiro atoms. The van der Waals surface area contributed by atoms with Gasteiger partial charge in [-0.05, 0) is 25.1 Å². The van der Waals surface area contributed by atoms with Crippen LogP contribution in [-0.2, 0) is 4.79 Å². The fraction of sp³-hybridized carbons (Fsp3) is 0.222. The van der Waals surface area contributed by atoms with E-state index in [0.29, 0.717) is 15.8 Å². The summed E-state index contributed by atoms with van der Waals surface area (Å²) in [6.07, 6.45) is -0.714. The molecule has 76 valence electrons. The lowest BCUT2D eigenvalue weighted by Gasteiger charge is -2.12. The Morgan fingerprint density at radius 1 is 1.50 bits per heavy atom. The van der Waals surface area contributed by atoms with Gasteiger partial charge in [-0.2, -0.15) is 0 Å². The molecule has 0 unspecified atom stereocenters. The van der Waals surface area contributed by atoms with Crippen molar-refractivity contribution in [1.29, 1.82) is 0 Å². The SMILES string of the molecule is C[C@H](Oc1ccc(Cl)cc1Cl)C(N)=O. The van der Waals surface area contributed by atoms with Crippen LogP contribution < -0.4 is 10.5 Å². The molecule has 1 amide bonds. The maximum Gasteiger partial charge on any atom is 0.258 e. The zero-order valence-corrected chi connectivity index (χ0v) is 8.97. The molecule has 0 bridgehead atoms. The highest BCUT2D eigenvalue weighted by Gasteiger charge is 2.12. The van der Waals surface area contributed by atoms with E-state index in [4.69, 9.17) is 33.7 Å². The summed E-state index contributed by atoms with van der Waals surface area (Å²) in [4.78, 5) is 10.7. The highest BCUT2D eigenvalue weighted by atomic mass is 35.5. The monoisotopic (exact) mass is 233 g/mol. The van der Waals surface area contributed by atoms with Gasteiger partial charge in [-0.1, -0.05) is 23.2 Å². The average molecular weight is 234 g/mol. The van der Waals surface area contributed by atoms with Gasteiger partial charge in [0.2, 0.25) is 0 Å². The van der Waals surface area contributed by atoms with Crippen LogP contribution in [0.4, 0.5) is 0 Å². The van der Waals surface area contributed by atoms with Crippen LogP contribution >= 0.6 is 23.2 Å². The van der Waals surface area contributed by atoms with Crippen molar-refractivity contribution in [2.45, 2.75) is 13.0 Å². The molecule has 2 N–H and O–H groups in total. The average Bonchev–Trinajstić information content (AvgIpc) is 2.09. The number of carbonyl (C=O) groups is 1. The first-order valence-electron chi connectivity index (χ1n) is 3.91. The molecule has 14 heavy (non-hydrogen) atoms. The predicted molar refractivity (Wildman–Crippen MR) is 55.7 cm³/mol. The number of ether oxygens (including phenoxy) is 1. The van der Waals surface area contributed by atoms with Crippen molar-refractivity contribution in [3.8, 4) is 5.75 Å². The molecule has 1 aromatic rings. The van der Waals surface area contributed by atoms with E-state index in [1.807, 2.05) is 0 Å². The Labute approximate surface area is 91.7 Å². The first-order valence-corrected chi connectivity index (χ1v) is 4.67. The van der Waals surface area contributed by atoms with Crippen molar-refractivity contribution in [1.82, 2.24) is 0 Å². The molecule has 1 atom stereocenters. The molecular formula is C9H9Cl2NO2. The molecule has 0 heterocycles. The Bertz CT molecular complexity index is 355. The summed E-state index contributed by atoms with van der Waals surface area (Å²) in [7, 11) is 0. The van der Waals surface area contributed by atoms with Crippen LogP contribution in [0.25, 0.3) is 0 Å².